The Morgan fingerprint density at radius 2 is 1.87 bits per heavy atom. The van der Waals surface area contributed by atoms with Crippen molar-refractivity contribution in [3.8, 4) is 0 Å². The molecule has 152 valence electrons. The lowest BCUT2D eigenvalue weighted by Gasteiger charge is -2.30. The molecule has 5 rings (SSSR count). The maximum Gasteiger partial charge on any atom is 0.141 e. The first kappa shape index (κ1) is 19.5. The topological polar surface area (TPSA) is 47.7 Å². The van der Waals surface area contributed by atoms with E-state index in [-0.39, 0.29) is 6.04 Å². The second kappa shape index (κ2) is 7.34. The quantitative estimate of drug-likeness (QED) is 0.373. The molecule has 1 atom stereocenters. The number of nitrogens with zero attached hydrogens (tertiary/aromatic N) is 4. The van der Waals surface area contributed by atoms with Gasteiger partial charge in [0.1, 0.15) is 17.7 Å². The molecule has 0 saturated carbocycles. The van der Waals surface area contributed by atoms with E-state index in [2.05, 4.69) is 28.8 Å². The number of allylic oxidation sites excluding steroid dienone is 2. The highest BCUT2D eigenvalue weighted by Gasteiger charge is 2.32. The average Bonchev–Trinajstić information content (AvgIpc) is 3.32. The third-order valence-corrected chi connectivity index (χ3v) is 6.41. The predicted molar refractivity (Wildman–Crippen MR) is 123 cm³/mol. The summed E-state index contributed by atoms with van der Waals surface area (Å²) in [4.78, 5) is 4.97. The summed E-state index contributed by atoms with van der Waals surface area (Å²) in [5, 5.41) is 9.74. The summed E-state index contributed by atoms with van der Waals surface area (Å²) in [6.45, 7) is 4.94. The molecule has 0 aliphatic carbocycles. The van der Waals surface area contributed by atoms with Gasteiger partial charge in [0.2, 0.25) is 0 Å². The van der Waals surface area contributed by atoms with E-state index >= 15 is 0 Å². The normalized spacial score (nSPS) is 16.1. The van der Waals surface area contributed by atoms with Crippen LogP contribution in [-0.4, -0.2) is 19.3 Å². The van der Waals surface area contributed by atoms with Gasteiger partial charge in [-0.05, 0) is 49.7 Å². The number of nitrogens with one attached hydrogen (secondary N) is 1. The number of rotatable bonds is 3. The van der Waals surface area contributed by atoms with Crippen LogP contribution in [0.4, 0.5) is 5.82 Å². The molecular formula is C22H18Cl3N5. The first-order valence-corrected chi connectivity index (χ1v) is 10.7. The van der Waals surface area contributed by atoms with Gasteiger partial charge in [0, 0.05) is 28.9 Å². The van der Waals surface area contributed by atoms with Crippen LogP contribution >= 0.6 is 34.8 Å². The molecule has 1 unspecified atom stereocenters. The van der Waals surface area contributed by atoms with Gasteiger partial charge in [-0.25, -0.2) is 9.67 Å². The van der Waals surface area contributed by atoms with Crippen molar-refractivity contribution in [2.24, 2.45) is 0 Å². The molecule has 0 amide bonds. The van der Waals surface area contributed by atoms with Crippen molar-refractivity contribution in [2.75, 3.05) is 5.32 Å². The van der Waals surface area contributed by atoms with Gasteiger partial charge >= 0.3 is 0 Å². The van der Waals surface area contributed by atoms with Crippen LogP contribution < -0.4 is 5.32 Å². The van der Waals surface area contributed by atoms with Gasteiger partial charge in [-0.2, -0.15) is 5.10 Å². The lowest BCUT2D eigenvalue weighted by atomic mass is 9.95. The standard InChI is InChI=1S/C22H18Cl3N5/c1-3-29-18-7-5-14(23)11-17(18)28-22(29)20-12(2)27-19-8-9-26-30(19)21(20)13-4-6-15(24)16(25)10-13/h4-11,21,27H,3H2,1-2H3. The summed E-state index contributed by atoms with van der Waals surface area (Å²) < 4.78 is 4.15. The molecule has 2 aromatic carbocycles. The maximum absolute atomic E-state index is 6.38. The molecule has 30 heavy (non-hydrogen) atoms. The number of anilines is 1. The monoisotopic (exact) mass is 457 g/mol. The highest BCUT2D eigenvalue weighted by Crippen LogP contribution is 2.42. The molecule has 5 nitrogen and oxygen atoms in total. The first-order valence-electron chi connectivity index (χ1n) is 9.60. The van der Waals surface area contributed by atoms with E-state index in [0.29, 0.717) is 15.1 Å². The average molecular weight is 459 g/mol. The minimum atomic E-state index is -0.205. The number of hydrogen-bond donors (Lipinski definition) is 1. The van der Waals surface area contributed by atoms with Gasteiger partial charge in [-0.15, -0.1) is 0 Å². The van der Waals surface area contributed by atoms with Crippen LogP contribution in [0.1, 0.15) is 31.3 Å². The minimum absolute atomic E-state index is 0.205. The predicted octanol–water partition coefficient (Wildman–Crippen LogP) is 6.66. The van der Waals surface area contributed by atoms with Gasteiger partial charge in [0.25, 0.3) is 0 Å². The largest absolute Gasteiger partial charge is 0.344 e. The zero-order chi connectivity index (χ0) is 21.0. The Labute approximate surface area is 188 Å². The van der Waals surface area contributed by atoms with Gasteiger partial charge in [-0.1, -0.05) is 40.9 Å². The van der Waals surface area contributed by atoms with E-state index < -0.39 is 0 Å². The van der Waals surface area contributed by atoms with Crippen LogP contribution in [0.5, 0.6) is 0 Å². The molecule has 0 spiro atoms. The van der Waals surface area contributed by atoms with Crippen molar-refractivity contribution in [1.82, 2.24) is 19.3 Å². The number of benzene rings is 2. The summed E-state index contributed by atoms with van der Waals surface area (Å²) in [5.74, 6) is 1.78. The summed E-state index contributed by atoms with van der Waals surface area (Å²) in [5.41, 5.74) is 4.92. The highest BCUT2D eigenvalue weighted by molar-refractivity contribution is 6.42. The second-order valence-corrected chi connectivity index (χ2v) is 8.46. The molecule has 8 heteroatoms. The Morgan fingerprint density at radius 3 is 2.63 bits per heavy atom. The van der Waals surface area contributed by atoms with Gasteiger partial charge in [0.05, 0.1) is 27.3 Å². The molecule has 4 aromatic rings. The van der Waals surface area contributed by atoms with Crippen molar-refractivity contribution in [3.63, 3.8) is 0 Å². The lowest BCUT2D eigenvalue weighted by molar-refractivity contribution is 0.610. The van der Waals surface area contributed by atoms with Crippen LogP contribution in [0.3, 0.4) is 0 Å². The van der Waals surface area contributed by atoms with Crippen molar-refractivity contribution in [2.45, 2.75) is 26.4 Å². The van der Waals surface area contributed by atoms with Gasteiger partial charge in [-0.3, -0.25) is 0 Å². The Hall–Kier alpha value is -2.47. The van der Waals surface area contributed by atoms with E-state index in [0.717, 1.165) is 46.1 Å². The number of aryl methyl sites for hydroxylation is 1. The molecular weight excluding hydrogens is 441 g/mol. The lowest BCUT2D eigenvalue weighted by Crippen LogP contribution is -2.25. The molecule has 1 N–H and O–H groups in total. The number of aromatic nitrogens is 4. The van der Waals surface area contributed by atoms with Crippen molar-refractivity contribution in [3.05, 3.63) is 80.8 Å². The SMILES string of the molecule is CCn1c(C2=C(C)Nc3ccnn3C2c2ccc(Cl)c(Cl)c2)nc2cc(Cl)ccc21. The van der Waals surface area contributed by atoms with Crippen molar-refractivity contribution < 1.29 is 0 Å². The Kier molecular flexibility index (Phi) is 4.77. The number of fused-ring (bicyclic) bond motifs is 2. The smallest absolute Gasteiger partial charge is 0.141 e. The third-order valence-electron chi connectivity index (χ3n) is 5.43. The summed E-state index contributed by atoms with van der Waals surface area (Å²) in [6.07, 6.45) is 1.78. The number of hydrogen-bond acceptors (Lipinski definition) is 3. The van der Waals surface area contributed by atoms with Crippen LogP contribution in [0, 0.1) is 0 Å². The van der Waals surface area contributed by atoms with E-state index in [1.54, 1.807) is 6.20 Å². The molecule has 3 heterocycles. The number of halogens is 3. The maximum atomic E-state index is 6.38. The van der Waals surface area contributed by atoms with Crippen LogP contribution in [-0.2, 0) is 6.54 Å². The summed E-state index contributed by atoms with van der Waals surface area (Å²) in [6, 6.07) is 13.2. The van der Waals surface area contributed by atoms with Crippen molar-refractivity contribution >= 4 is 57.2 Å². The number of imidazole rings is 1. The molecule has 0 fully saturated rings. The Balaban J connectivity index is 1.79. The molecule has 2 aromatic heterocycles. The fourth-order valence-electron chi connectivity index (χ4n) is 4.11. The molecule has 0 radical (unpaired) electrons. The Morgan fingerprint density at radius 1 is 1.03 bits per heavy atom. The molecule has 1 aliphatic rings. The second-order valence-electron chi connectivity index (χ2n) is 7.21. The Bertz CT molecular complexity index is 1320. The van der Waals surface area contributed by atoms with Gasteiger partial charge < -0.3 is 9.88 Å². The molecule has 0 saturated heterocycles. The summed E-state index contributed by atoms with van der Waals surface area (Å²) >= 11 is 18.8. The minimum Gasteiger partial charge on any atom is -0.344 e. The fraction of sp³-hybridized carbons (Fsp3) is 0.182. The molecule has 1 aliphatic heterocycles. The highest BCUT2D eigenvalue weighted by atomic mass is 35.5. The zero-order valence-corrected chi connectivity index (χ0v) is 18.6. The zero-order valence-electron chi connectivity index (χ0n) is 16.3. The van der Waals surface area contributed by atoms with Crippen LogP contribution in [0.15, 0.2) is 54.4 Å². The summed E-state index contributed by atoms with van der Waals surface area (Å²) in [7, 11) is 0. The van der Waals surface area contributed by atoms with E-state index in [4.69, 9.17) is 39.8 Å². The van der Waals surface area contributed by atoms with E-state index in [1.165, 1.54) is 0 Å². The first-order chi connectivity index (χ1) is 14.5. The molecule has 0 bridgehead atoms. The van der Waals surface area contributed by atoms with Crippen LogP contribution in [0.2, 0.25) is 15.1 Å². The van der Waals surface area contributed by atoms with E-state index in [9.17, 15) is 0 Å². The fourth-order valence-corrected chi connectivity index (χ4v) is 4.59. The van der Waals surface area contributed by atoms with E-state index in [1.807, 2.05) is 47.1 Å². The van der Waals surface area contributed by atoms with Crippen molar-refractivity contribution in [1.29, 1.82) is 0 Å². The van der Waals surface area contributed by atoms with Gasteiger partial charge in [0.15, 0.2) is 0 Å². The third kappa shape index (κ3) is 3.00. The van der Waals surface area contributed by atoms with Crippen LogP contribution in [0.25, 0.3) is 16.6 Å².